The summed E-state index contributed by atoms with van der Waals surface area (Å²) in [5.41, 5.74) is 0. The highest BCUT2D eigenvalue weighted by Crippen LogP contribution is 1.86. The van der Waals surface area contributed by atoms with E-state index in [-0.39, 0.29) is 0 Å². The van der Waals surface area contributed by atoms with E-state index >= 15 is 0 Å². The van der Waals surface area contributed by atoms with Crippen LogP contribution in [-0.2, 0) is 6.54 Å². The molecular weight excluding hydrogens is 140 g/mol. The maximum Gasteiger partial charge on any atom is 0.176 e. The Morgan fingerprint density at radius 1 is 1.64 bits per heavy atom. The van der Waals surface area contributed by atoms with Crippen LogP contribution in [0.15, 0.2) is 18.5 Å². The van der Waals surface area contributed by atoms with E-state index in [9.17, 15) is 0 Å². The zero-order chi connectivity index (χ0) is 7.94. The summed E-state index contributed by atoms with van der Waals surface area (Å²) in [6.07, 6.45) is 6.45. The van der Waals surface area contributed by atoms with Gasteiger partial charge >= 0.3 is 0 Å². The van der Waals surface area contributed by atoms with Crippen LogP contribution in [-0.4, -0.2) is 16.3 Å². The average molecular weight is 150 g/mol. The van der Waals surface area contributed by atoms with Crippen molar-refractivity contribution in [3.05, 3.63) is 18.5 Å². The van der Waals surface area contributed by atoms with E-state index in [1.54, 1.807) is 6.20 Å². The zero-order valence-electron chi connectivity index (χ0n) is 6.20. The number of rotatable bonds is 4. The molecule has 0 radical (unpaired) electrons. The van der Waals surface area contributed by atoms with Gasteiger partial charge < -0.3 is 5.32 Å². The second kappa shape index (κ2) is 4.34. The molecule has 0 aliphatic heterocycles. The smallest absolute Gasteiger partial charge is 0.176 e. The van der Waals surface area contributed by atoms with E-state index < -0.39 is 0 Å². The van der Waals surface area contributed by atoms with Crippen molar-refractivity contribution in [2.24, 2.45) is 0 Å². The molecule has 1 aromatic heterocycles. The summed E-state index contributed by atoms with van der Waals surface area (Å²) in [7, 11) is 0. The van der Waals surface area contributed by atoms with Crippen LogP contribution in [0.1, 0.15) is 6.42 Å². The lowest BCUT2D eigenvalue weighted by atomic mass is 10.4. The van der Waals surface area contributed by atoms with E-state index in [0.29, 0.717) is 0 Å². The molecule has 0 spiro atoms. The Labute approximate surface area is 65.4 Å². The minimum absolute atomic E-state index is 0.719. The second-order valence-electron chi connectivity index (χ2n) is 2.16. The normalized spacial score (nSPS) is 9.00. The predicted molar refractivity (Wildman–Crippen MR) is 40.5 cm³/mol. The SMILES string of the molecule is N#CNCCCn1cccn1. The van der Waals surface area contributed by atoms with Crippen LogP contribution in [0.4, 0.5) is 0 Å². The Hall–Kier alpha value is -1.50. The van der Waals surface area contributed by atoms with E-state index in [1.165, 1.54) is 0 Å². The van der Waals surface area contributed by atoms with Gasteiger partial charge in [-0.05, 0) is 12.5 Å². The third kappa shape index (κ3) is 2.72. The van der Waals surface area contributed by atoms with Crippen molar-refractivity contribution < 1.29 is 0 Å². The lowest BCUT2D eigenvalue weighted by Gasteiger charge is -1.98. The fourth-order valence-corrected chi connectivity index (χ4v) is 0.818. The fourth-order valence-electron chi connectivity index (χ4n) is 0.818. The number of hydrogen-bond acceptors (Lipinski definition) is 3. The highest BCUT2D eigenvalue weighted by molar-refractivity contribution is 4.77. The van der Waals surface area contributed by atoms with Gasteiger partial charge in [-0.3, -0.25) is 4.68 Å². The Morgan fingerprint density at radius 3 is 3.18 bits per heavy atom. The highest BCUT2D eigenvalue weighted by atomic mass is 15.3. The first kappa shape index (κ1) is 7.61. The average Bonchev–Trinajstić information content (AvgIpc) is 2.50. The number of aromatic nitrogens is 2. The van der Waals surface area contributed by atoms with Gasteiger partial charge in [-0.15, -0.1) is 0 Å². The maximum absolute atomic E-state index is 8.14. The maximum atomic E-state index is 8.14. The van der Waals surface area contributed by atoms with Crippen LogP contribution in [0.5, 0.6) is 0 Å². The third-order valence-electron chi connectivity index (χ3n) is 1.33. The first-order valence-corrected chi connectivity index (χ1v) is 3.53. The molecule has 0 saturated heterocycles. The summed E-state index contributed by atoms with van der Waals surface area (Å²) in [5.74, 6) is 0. The van der Waals surface area contributed by atoms with Gasteiger partial charge in [0.05, 0.1) is 0 Å². The van der Waals surface area contributed by atoms with Crippen LogP contribution in [0.3, 0.4) is 0 Å². The Kier molecular flexibility index (Phi) is 3.00. The molecule has 0 aliphatic rings. The summed E-state index contributed by atoms with van der Waals surface area (Å²) < 4.78 is 1.85. The second-order valence-corrected chi connectivity index (χ2v) is 2.16. The monoisotopic (exact) mass is 150 g/mol. The Bertz CT molecular complexity index is 221. The minimum atomic E-state index is 0.719. The van der Waals surface area contributed by atoms with Gasteiger partial charge in [-0.1, -0.05) is 0 Å². The summed E-state index contributed by atoms with van der Waals surface area (Å²) in [4.78, 5) is 0. The number of nitriles is 1. The van der Waals surface area contributed by atoms with Crippen molar-refractivity contribution >= 4 is 0 Å². The van der Waals surface area contributed by atoms with E-state index in [1.807, 2.05) is 23.1 Å². The molecule has 0 fully saturated rings. The predicted octanol–water partition coefficient (Wildman–Crippen LogP) is 0.344. The fraction of sp³-hybridized carbons (Fsp3) is 0.429. The van der Waals surface area contributed by atoms with Gasteiger partial charge in [0.2, 0.25) is 0 Å². The number of aryl methyl sites for hydroxylation is 1. The topological polar surface area (TPSA) is 53.6 Å². The molecular formula is C7H10N4. The summed E-state index contributed by atoms with van der Waals surface area (Å²) in [6, 6.07) is 1.89. The minimum Gasteiger partial charge on any atom is -0.324 e. The van der Waals surface area contributed by atoms with Gasteiger partial charge in [0, 0.05) is 25.5 Å². The summed E-state index contributed by atoms with van der Waals surface area (Å²) in [6.45, 7) is 1.58. The molecule has 0 aliphatic carbocycles. The summed E-state index contributed by atoms with van der Waals surface area (Å²) >= 11 is 0. The molecule has 0 amide bonds. The zero-order valence-corrected chi connectivity index (χ0v) is 6.20. The lowest BCUT2D eigenvalue weighted by molar-refractivity contribution is 0.570. The van der Waals surface area contributed by atoms with Crippen molar-refractivity contribution in [3.8, 4) is 6.19 Å². The molecule has 0 bridgehead atoms. The molecule has 1 heterocycles. The van der Waals surface area contributed by atoms with Crippen molar-refractivity contribution in [1.29, 1.82) is 5.26 Å². The molecule has 1 aromatic rings. The molecule has 0 atom stereocenters. The van der Waals surface area contributed by atoms with E-state index in [2.05, 4.69) is 10.4 Å². The quantitative estimate of drug-likeness (QED) is 0.382. The van der Waals surface area contributed by atoms with Crippen LogP contribution >= 0.6 is 0 Å². The highest BCUT2D eigenvalue weighted by Gasteiger charge is 1.88. The van der Waals surface area contributed by atoms with Crippen LogP contribution in [0.2, 0.25) is 0 Å². The van der Waals surface area contributed by atoms with Crippen molar-refractivity contribution in [3.63, 3.8) is 0 Å². The molecule has 0 unspecified atom stereocenters. The molecule has 4 heteroatoms. The molecule has 0 aromatic carbocycles. The van der Waals surface area contributed by atoms with Gasteiger partial charge in [-0.2, -0.15) is 10.4 Å². The molecule has 58 valence electrons. The number of nitrogens with zero attached hydrogens (tertiary/aromatic N) is 3. The number of hydrogen-bond donors (Lipinski definition) is 1. The molecule has 4 nitrogen and oxygen atoms in total. The van der Waals surface area contributed by atoms with Crippen molar-refractivity contribution in [2.45, 2.75) is 13.0 Å². The first-order chi connectivity index (χ1) is 5.43. The van der Waals surface area contributed by atoms with Gasteiger partial charge in [0.25, 0.3) is 0 Å². The molecule has 1 N–H and O–H groups in total. The van der Waals surface area contributed by atoms with Crippen molar-refractivity contribution in [1.82, 2.24) is 15.1 Å². The van der Waals surface area contributed by atoms with Crippen LogP contribution in [0.25, 0.3) is 0 Å². The molecule has 11 heavy (non-hydrogen) atoms. The van der Waals surface area contributed by atoms with Crippen LogP contribution in [0, 0.1) is 11.5 Å². The van der Waals surface area contributed by atoms with Crippen molar-refractivity contribution in [2.75, 3.05) is 6.54 Å². The van der Waals surface area contributed by atoms with Gasteiger partial charge in [0.15, 0.2) is 6.19 Å². The number of nitrogens with one attached hydrogen (secondary N) is 1. The largest absolute Gasteiger partial charge is 0.324 e. The lowest BCUT2D eigenvalue weighted by Crippen LogP contribution is -2.10. The van der Waals surface area contributed by atoms with Gasteiger partial charge in [-0.25, -0.2) is 0 Å². The van der Waals surface area contributed by atoms with E-state index in [0.717, 1.165) is 19.5 Å². The molecule has 0 saturated carbocycles. The van der Waals surface area contributed by atoms with Gasteiger partial charge in [0.1, 0.15) is 0 Å². The molecule has 1 rings (SSSR count). The Morgan fingerprint density at radius 2 is 2.55 bits per heavy atom. The standard InChI is InChI=1S/C7H10N4/c8-7-9-3-1-5-11-6-2-4-10-11/h2,4,6,9H,1,3,5H2. The van der Waals surface area contributed by atoms with E-state index in [4.69, 9.17) is 5.26 Å². The van der Waals surface area contributed by atoms with Crippen LogP contribution < -0.4 is 5.32 Å². The third-order valence-corrected chi connectivity index (χ3v) is 1.33. The first-order valence-electron chi connectivity index (χ1n) is 3.53. The Balaban J connectivity index is 2.10. The summed E-state index contributed by atoms with van der Waals surface area (Å²) in [5, 5.41) is 14.7.